The zero-order valence-electron chi connectivity index (χ0n) is 14.1. The number of hydrogen-bond acceptors (Lipinski definition) is 6. The molecule has 0 saturated carbocycles. The topological polar surface area (TPSA) is 103 Å². The standard InChI is InChI=1S/C17H19F2N5S2/c1-3-14-13(8-25-17(22)24-15(21)4-9(2)20)23-16(26-14)10-5-11(18)7-12(19)6-10/h4-7H,2-3,8,20-21H2,1H3,(H2,22,24)/b15-4-. The Kier molecular flexibility index (Phi) is 6.76. The molecule has 2 aromatic rings. The van der Waals surface area contributed by atoms with Crippen molar-refractivity contribution >= 4 is 28.3 Å². The highest BCUT2D eigenvalue weighted by molar-refractivity contribution is 8.13. The predicted octanol–water partition coefficient (Wildman–Crippen LogP) is 3.47. The van der Waals surface area contributed by atoms with Crippen molar-refractivity contribution in [3.05, 3.63) is 64.6 Å². The molecular formula is C17H19F2N5S2. The molecule has 0 atom stereocenters. The van der Waals surface area contributed by atoms with E-state index in [0.717, 1.165) is 23.1 Å². The van der Waals surface area contributed by atoms with Crippen molar-refractivity contribution in [1.82, 2.24) is 4.98 Å². The number of aromatic nitrogens is 1. The molecule has 26 heavy (non-hydrogen) atoms. The molecule has 6 N–H and O–H groups in total. The number of thiazole rings is 1. The minimum Gasteiger partial charge on any atom is -0.399 e. The highest BCUT2D eigenvalue weighted by Gasteiger charge is 2.14. The first-order valence-corrected chi connectivity index (χ1v) is 9.42. The maximum atomic E-state index is 13.4. The number of allylic oxidation sites excluding steroid dienone is 1. The van der Waals surface area contributed by atoms with Crippen LogP contribution in [-0.4, -0.2) is 10.2 Å². The Morgan fingerprint density at radius 3 is 2.50 bits per heavy atom. The lowest BCUT2D eigenvalue weighted by molar-refractivity contribution is 0.584. The minimum atomic E-state index is -0.635. The number of benzene rings is 1. The van der Waals surface area contributed by atoms with E-state index in [1.54, 1.807) is 0 Å². The summed E-state index contributed by atoms with van der Waals surface area (Å²) in [6.07, 6.45) is 2.15. The summed E-state index contributed by atoms with van der Waals surface area (Å²) in [5.41, 5.74) is 18.4. The summed E-state index contributed by atoms with van der Waals surface area (Å²) < 4.78 is 26.9. The van der Waals surface area contributed by atoms with Crippen molar-refractivity contribution in [2.75, 3.05) is 0 Å². The number of rotatable bonds is 6. The third-order valence-corrected chi connectivity index (χ3v) is 5.23. The van der Waals surface area contributed by atoms with Gasteiger partial charge in [0.05, 0.1) is 5.69 Å². The van der Waals surface area contributed by atoms with E-state index in [4.69, 9.17) is 17.2 Å². The highest BCUT2D eigenvalue weighted by atomic mass is 32.2. The van der Waals surface area contributed by atoms with Crippen LogP contribution in [0.5, 0.6) is 0 Å². The molecule has 0 saturated heterocycles. The van der Waals surface area contributed by atoms with Crippen LogP contribution < -0.4 is 17.2 Å². The number of halogens is 2. The molecule has 9 heteroatoms. The van der Waals surface area contributed by atoms with E-state index in [1.807, 2.05) is 6.92 Å². The Balaban J connectivity index is 2.19. The van der Waals surface area contributed by atoms with Gasteiger partial charge in [0.15, 0.2) is 5.17 Å². The first-order valence-electron chi connectivity index (χ1n) is 7.62. The Morgan fingerprint density at radius 1 is 1.27 bits per heavy atom. The average Bonchev–Trinajstić information content (AvgIpc) is 2.94. The van der Waals surface area contributed by atoms with Crippen molar-refractivity contribution in [3.63, 3.8) is 0 Å². The predicted molar refractivity (Wildman–Crippen MR) is 105 cm³/mol. The number of hydrogen-bond donors (Lipinski definition) is 3. The first kappa shape index (κ1) is 19.9. The molecule has 0 bridgehead atoms. The fraction of sp³-hybridized carbons (Fsp3) is 0.176. The van der Waals surface area contributed by atoms with Gasteiger partial charge in [-0.05, 0) is 18.6 Å². The van der Waals surface area contributed by atoms with Crippen LogP contribution in [0.3, 0.4) is 0 Å². The van der Waals surface area contributed by atoms with Gasteiger partial charge in [0.2, 0.25) is 0 Å². The van der Waals surface area contributed by atoms with Gasteiger partial charge in [0.1, 0.15) is 22.5 Å². The second kappa shape index (κ2) is 8.81. The van der Waals surface area contributed by atoms with Gasteiger partial charge >= 0.3 is 0 Å². The fourth-order valence-corrected chi connectivity index (χ4v) is 3.89. The third-order valence-electron chi connectivity index (χ3n) is 3.14. The Morgan fingerprint density at radius 2 is 1.92 bits per heavy atom. The number of amidine groups is 1. The molecule has 1 aromatic heterocycles. The zero-order chi connectivity index (χ0) is 19.3. The first-order chi connectivity index (χ1) is 12.3. The Bertz CT molecular complexity index is 854. The molecule has 1 aromatic carbocycles. The Labute approximate surface area is 158 Å². The van der Waals surface area contributed by atoms with Gasteiger partial charge in [-0.15, -0.1) is 11.3 Å². The molecule has 0 amide bonds. The number of aliphatic imine (C=N–C) groups is 1. The smallest absolute Gasteiger partial charge is 0.161 e. The lowest BCUT2D eigenvalue weighted by Crippen LogP contribution is -2.10. The van der Waals surface area contributed by atoms with E-state index < -0.39 is 11.6 Å². The molecule has 5 nitrogen and oxygen atoms in total. The largest absolute Gasteiger partial charge is 0.399 e. The summed E-state index contributed by atoms with van der Waals surface area (Å²) in [6, 6.07) is 3.36. The average molecular weight is 396 g/mol. The second-order valence-corrected chi connectivity index (χ2v) is 7.36. The molecule has 0 aliphatic heterocycles. The fourth-order valence-electron chi connectivity index (χ4n) is 2.10. The van der Waals surface area contributed by atoms with Crippen LogP contribution in [0.1, 0.15) is 17.5 Å². The van der Waals surface area contributed by atoms with E-state index in [1.165, 1.54) is 41.3 Å². The SMILES string of the molecule is C=C(N)/C=C(N)\N=C(/N)SCc1nc(-c2cc(F)cc(F)c2)sc1CC. The van der Waals surface area contributed by atoms with Crippen LogP contribution in [0.15, 0.2) is 47.4 Å². The van der Waals surface area contributed by atoms with Gasteiger partial charge in [-0.25, -0.2) is 18.8 Å². The van der Waals surface area contributed by atoms with E-state index in [-0.39, 0.29) is 16.7 Å². The lowest BCUT2D eigenvalue weighted by Gasteiger charge is -2.01. The van der Waals surface area contributed by atoms with Crippen molar-refractivity contribution in [2.24, 2.45) is 22.2 Å². The van der Waals surface area contributed by atoms with Crippen molar-refractivity contribution in [3.8, 4) is 10.6 Å². The number of nitrogens with zero attached hydrogens (tertiary/aromatic N) is 2. The van der Waals surface area contributed by atoms with Crippen LogP contribution >= 0.6 is 23.1 Å². The lowest BCUT2D eigenvalue weighted by atomic mass is 10.2. The molecular weight excluding hydrogens is 376 g/mol. The summed E-state index contributed by atoms with van der Waals surface area (Å²) in [5.74, 6) is -0.648. The molecule has 2 rings (SSSR count). The molecule has 0 fully saturated rings. The summed E-state index contributed by atoms with van der Waals surface area (Å²) in [7, 11) is 0. The number of aryl methyl sites for hydroxylation is 1. The maximum Gasteiger partial charge on any atom is 0.161 e. The number of nitrogens with two attached hydrogens (primary N) is 3. The van der Waals surface area contributed by atoms with Gasteiger partial charge < -0.3 is 17.2 Å². The molecule has 138 valence electrons. The Hall–Kier alpha value is -2.39. The molecule has 0 spiro atoms. The second-order valence-electron chi connectivity index (χ2n) is 5.28. The van der Waals surface area contributed by atoms with Crippen molar-refractivity contribution in [2.45, 2.75) is 19.1 Å². The summed E-state index contributed by atoms with van der Waals surface area (Å²) in [6.45, 7) is 5.49. The van der Waals surface area contributed by atoms with E-state index >= 15 is 0 Å². The zero-order valence-corrected chi connectivity index (χ0v) is 15.8. The molecule has 0 radical (unpaired) electrons. The summed E-state index contributed by atoms with van der Waals surface area (Å²) in [4.78, 5) is 9.53. The monoisotopic (exact) mass is 395 g/mol. The highest BCUT2D eigenvalue weighted by Crippen LogP contribution is 2.31. The summed E-state index contributed by atoms with van der Waals surface area (Å²) in [5, 5.41) is 0.818. The molecule has 1 heterocycles. The number of thioether (sulfide) groups is 1. The van der Waals surface area contributed by atoms with Crippen molar-refractivity contribution < 1.29 is 8.78 Å². The molecule has 0 aliphatic rings. The van der Waals surface area contributed by atoms with Gasteiger partial charge in [0, 0.05) is 34.0 Å². The van der Waals surface area contributed by atoms with E-state index in [0.29, 0.717) is 16.3 Å². The van der Waals surface area contributed by atoms with Crippen LogP contribution in [0.4, 0.5) is 8.78 Å². The van der Waals surface area contributed by atoms with Gasteiger partial charge in [-0.2, -0.15) is 0 Å². The van der Waals surface area contributed by atoms with E-state index in [2.05, 4.69) is 16.6 Å². The van der Waals surface area contributed by atoms with Crippen molar-refractivity contribution in [1.29, 1.82) is 0 Å². The van der Waals surface area contributed by atoms with E-state index in [9.17, 15) is 8.78 Å². The molecule has 0 aliphatic carbocycles. The summed E-state index contributed by atoms with van der Waals surface area (Å²) >= 11 is 2.66. The maximum absolute atomic E-state index is 13.4. The normalized spacial score (nSPS) is 12.4. The third kappa shape index (κ3) is 5.57. The molecule has 0 unspecified atom stereocenters. The van der Waals surface area contributed by atoms with Crippen LogP contribution in [-0.2, 0) is 12.2 Å². The quantitative estimate of drug-likeness (QED) is 0.395. The van der Waals surface area contributed by atoms with Crippen LogP contribution in [0.2, 0.25) is 0 Å². The van der Waals surface area contributed by atoms with Gasteiger partial charge in [-0.3, -0.25) is 0 Å². The van der Waals surface area contributed by atoms with Gasteiger partial charge in [-0.1, -0.05) is 25.3 Å². The van der Waals surface area contributed by atoms with Crippen LogP contribution in [0, 0.1) is 11.6 Å². The van der Waals surface area contributed by atoms with Gasteiger partial charge in [0.25, 0.3) is 0 Å². The van der Waals surface area contributed by atoms with Crippen LogP contribution in [0.25, 0.3) is 10.6 Å². The minimum absolute atomic E-state index is 0.160.